The van der Waals surface area contributed by atoms with Gasteiger partial charge < -0.3 is 0 Å². The molecule has 0 spiro atoms. The van der Waals surface area contributed by atoms with E-state index >= 15 is 0 Å². The molecule has 2 rings (SSSR count). The molecule has 0 heterocycles. The van der Waals surface area contributed by atoms with Crippen LogP contribution < -0.4 is 0 Å². The van der Waals surface area contributed by atoms with Crippen molar-refractivity contribution < 1.29 is 4.79 Å². The molecular formula is C15H16O. The fraction of sp³-hybridized carbons (Fsp3) is 0.267. The smallest absolute Gasteiger partial charge is 0.167 e. The van der Waals surface area contributed by atoms with E-state index in [4.69, 9.17) is 0 Å². The summed E-state index contributed by atoms with van der Waals surface area (Å²) in [6.45, 7) is 7.57. The Labute approximate surface area is 96.5 Å². The average molecular weight is 212 g/mol. The van der Waals surface area contributed by atoms with E-state index in [1.807, 2.05) is 36.4 Å². The number of hydrogen-bond acceptors (Lipinski definition) is 1. The van der Waals surface area contributed by atoms with Gasteiger partial charge in [-0.3, -0.25) is 4.79 Å². The highest BCUT2D eigenvalue weighted by Gasteiger charge is 2.36. The number of hydrogen-bond donors (Lipinski definition) is 0. The highest BCUT2D eigenvalue weighted by molar-refractivity contribution is 6.03. The molecular weight excluding hydrogens is 196 g/mol. The Morgan fingerprint density at radius 1 is 1.25 bits per heavy atom. The van der Waals surface area contributed by atoms with E-state index < -0.39 is 0 Å². The van der Waals surface area contributed by atoms with Crippen LogP contribution in [0.2, 0.25) is 0 Å². The summed E-state index contributed by atoms with van der Waals surface area (Å²) in [5.41, 5.74) is 2.01. The van der Waals surface area contributed by atoms with E-state index in [1.54, 1.807) is 0 Å². The van der Waals surface area contributed by atoms with Crippen molar-refractivity contribution in [3.05, 3.63) is 60.7 Å². The van der Waals surface area contributed by atoms with Crippen LogP contribution in [0.5, 0.6) is 0 Å². The molecule has 0 fully saturated rings. The number of rotatable bonds is 4. The second kappa shape index (κ2) is 4.48. The van der Waals surface area contributed by atoms with Crippen LogP contribution in [0.1, 0.15) is 34.7 Å². The molecule has 0 aromatic heterocycles. The Balaban J connectivity index is 2.35. The summed E-state index contributed by atoms with van der Waals surface area (Å²) in [7, 11) is 0. The average Bonchev–Trinajstić information content (AvgIpc) is 2.60. The summed E-state index contributed by atoms with van der Waals surface area (Å²) >= 11 is 0. The maximum atomic E-state index is 12.2. The van der Waals surface area contributed by atoms with Crippen LogP contribution in [0.3, 0.4) is 0 Å². The van der Waals surface area contributed by atoms with E-state index in [-0.39, 0.29) is 17.6 Å². The standard InChI is InChI=1S/C15H16O/c1-3-5-8-13-11(4-2)12-9-6-7-10-14(12)15(13)16/h3-4,6-7,9-11,13H,1-2,5,8H2/t11-,13+/m1/s1. The van der Waals surface area contributed by atoms with Gasteiger partial charge in [0.25, 0.3) is 0 Å². The first-order chi connectivity index (χ1) is 7.79. The second-order valence-corrected chi connectivity index (χ2v) is 4.19. The molecule has 0 aliphatic heterocycles. The molecule has 82 valence electrons. The van der Waals surface area contributed by atoms with Crippen molar-refractivity contribution in [1.82, 2.24) is 0 Å². The Morgan fingerprint density at radius 3 is 2.69 bits per heavy atom. The molecule has 2 atom stereocenters. The normalized spacial score (nSPS) is 22.9. The van der Waals surface area contributed by atoms with Crippen molar-refractivity contribution in [3.8, 4) is 0 Å². The molecule has 1 aromatic carbocycles. The summed E-state index contributed by atoms with van der Waals surface area (Å²) in [4.78, 5) is 12.2. The maximum Gasteiger partial charge on any atom is 0.167 e. The lowest BCUT2D eigenvalue weighted by atomic mass is 9.88. The molecule has 0 amide bonds. The number of Topliss-reactive ketones (excluding diaryl/α,β-unsaturated/α-hetero) is 1. The molecule has 0 radical (unpaired) electrons. The van der Waals surface area contributed by atoms with Crippen molar-refractivity contribution in [1.29, 1.82) is 0 Å². The lowest BCUT2D eigenvalue weighted by Crippen LogP contribution is -2.11. The number of carbonyl (C=O) groups is 1. The lowest BCUT2D eigenvalue weighted by molar-refractivity contribution is 0.0924. The summed E-state index contributed by atoms with van der Waals surface area (Å²) in [6, 6.07) is 7.86. The zero-order chi connectivity index (χ0) is 11.5. The quantitative estimate of drug-likeness (QED) is 0.695. The van der Waals surface area contributed by atoms with Crippen LogP contribution >= 0.6 is 0 Å². The third-order valence-electron chi connectivity index (χ3n) is 3.29. The topological polar surface area (TPSA) is 17.1 Å². The van der Waals surface area contributed by atoms with Crippen LogP contribution in [0, 0.1) is 5.92 Å². The maximum absolute atomic E-state index is 12.2. The Hall–Kier alpha value is -1.63. The Bertz CT molecular complexity index is 431. The largest absolute Gasteiger partial charge is 0.294 e. The molecule has 16 heavy (non-hydrogen) atoms. The molecule has 0 unspecified atom stereocenters. The van der Waals surface area contributed by atoms with Gasteiger partial charge in [-0.1, -0.05) is 36.4 Å². The van der Waals surface area contributed by atoms with Crippen LogP contribution in [0.25, 0.3) is 0 Å². The van der Waals surface area contributed by atoms with Crippen LogP contribution in [0.4, 0.5) is 0 Å². The highest BCUT2D eigenvalue weighted by Crippen LogP contribution is 2.40. The second-order valence-electron chi connectivity index (χ2n) is 4.19. The van der Waals surface area contributed by atoms with Gasteiger partial charge in [-0.25, -0.2) is 0 Å². The number of allylic oxidation sites excluding steroid dienone is 2. The van der Waals surface area contributed by atoms with Gasteiger partial charge in [-0.05, 0) is 18.4 Å². The van der Waals surface area contributed by atoms with Gasteiger partial charge in [0.1, 0.15) is 0 Å². The monoisotopic (exact) mass is 212 g/mol. The first-order valence-corrected chi connectivity index (χ1v) is 5.66. The van der Waals surface area contributed by atoms with E-state index in [0.29, 0.717) is 0 Å². The van der Waals surface area contributed by atoms with Gasteiger partial charge in [0.15, 0.2) is 5.78 Å². The minimum atomic E-state index is 0.0629. The Kier molecular flexibility index (Phi) is 3.04. The molecule has 1 aliphatic carbocycles. The fourth-order valence-electron chi connectivity index (χ4n) is 2.49. The number of fused-ring (bicyclic) bond motifs is 1. The zero-order valence-corrected chi connectivity index (χ0v) is 9.36. The van der Waals surface area contributed by atoms with Gasteiger partial charge in [0.2, 0.25) is 0 Å². The van der Waals surface area contributed by atoms with Crippen molar-refractivity contribution in [2.45, 2.75) is 18.8 Å². The molecule has 1 aliphatic rings. The van der Waals surface area contributed by atoms with Gasteiger partial charge in [-0.2, -0.15) is 0 Å². The molecule has 0 bridgehead atoms. The Morgan fingerprint density at radius 2 is 2.00 bits per heavy atom. The summed E-state index contributed by atoms with van der Waals surface area (Å²) < 4.78 is 0. The van der Waals surface area contributed by atoms with Crippen LogP contribution in [-0.4, -0.2) is 5.78 Å². The van der Waals surface area contributed by atoms with Gasteiger partial charge in [0, 0.05) is 17.4 Å². The number of ketones is 1. The van der Waals surface area contributed by atoms with Crippen molar-refractivity contribution in [2.24, 2.45) is 5.92 Å². The first kappa shape index (κ1) is 10.9. The predicted molar refractivity (Wildman–Crippen MR) is 66.6 cm³/mol. The lowest BCUT2D eigenvalue weighted by Gasteiger charge is -2.14. The predicted octanol–water partition coefficient (Wildman–Crippen LogP) is 3.73. The van der Waals surface area contributed by atoms with E-state index in [2.05, 4.69) is 13.2 Å². The van der Waals surface area contributed by atoms with E-state index in [1.165, 1.54) is 0 Å². The van der Waals surface area contributed by atoms with Crippen molar-refractivity contribution in [3.63, 3.8) is 0 Å². The van der Waals surface area contributed by atoms with Gasteiger partial charge >= 0.3 is 0 Å². The van der Waals surface area contributed by atoms with E-state index in [0.717, 1.165) is 24.0 Å². The van der Waals surface area contributed by atoms with E-state index in [9.17, 15) is 4.79 Å². The number of benzene rings is 1. The van der Waals surface area contributed by atoms with Crippen molar-refractivity contribution >= 4 is 5.78 Å². The fourth-order valence-corrected chi connectivity index (χ4v) is 2.49. The summed E-state index contributed by atoms with van der Waals surface area (Å²) in [5.74, 6) is 0.513. The third kappa shape index (κ3) is 1.63. The highest BCUT2D eigenvalue weighted by atomic mass is 16.1. The molecule has 1 nitrogen and oxygen atoms in total. The van der Waals surface area contributed by atoms with Gasteiger partial charge in [-0.15, -0.1) is 13.2 Å². The minimum absolute atomic E-state index is 0.0629. The molecule has 0 N–H and O–H groups in total. The SMILES string of the molecule is C=CCC[C@@H]1C(=O)c2ccccc2[C@H]1C=C. The molecule has 0 saturated heterocycles. The third-order valence-corrected chi connectivity index (χ3v) is 3.29. The summed E-state index contributed by atoms with van der Waals surface area (Å²) in [5, 5.41) is 0. The van der Waals surface area contributed by atoms with Gasteiger partial charge in [0.05, 0.1) is 0 Å². The van der Waals surface area contributed by atoms with Crippen LogP contribution in [-0.2, 0) is 0 Å². The summed E-state index contributed by atoms with van der Waals surface area (Å²) in [6.07, 6.45) is 5.52. The molecule has 1 aromatic rings. The number of carbonyl (C=O) groups excluding carboxylic acids is 1. The zero-order valence-electron chi connectivity index (χ0n) is 9.36. The van der Waals surface area contributed by atoms with Crippen LogP contribution in [0.15, 0.2) is 49.6 Å². The first-order valence-electron chi connectivity index (χ1n) is 5.66. The minimum Gasteiger partial charge on any atom is -0.294 e. The molecule has 1 heteroatoms. The molecule has 0 saturated carbocycles. The van der Waals surface area contributed by atoms with Crippen molar-refractivity contribution in [2.75, 3.05) is 0 Å².